The zero-order valence-corrected chi connectivity index (χ0v) is 7.49. The molecule has 1 aliphatic carbocycles. The Hall–Kier alpha value is -0.570. The maximum Gasteiger partial charge on any atom is 0.217 e. The third-order valence-corrected chi connectivity index (χ3v) is 3.35. The van der Waals surface area contributed by atoms with Gasteiger partial charge in [-0.15, -0.1) is 0 Å². The minimum absolute atomic E-state index is 0.126. The topological polar surface area (TPSA) is 46.3 Å². The van der Waals surface area contributed by atoms with Crippen molar-refractivity contribution < 1.29 is 4.79 Å². The fraction of sp³-hybridized carbons (Fsp3) is 0.889. The Labute approximate surface area is 72.9 Å². The van der Waals surface area contributed by atoms with E-state index in [2.05, 4.69) is 11.9 Å². The van der Waals surface area contributed by atoms with Gasteiger partial charge >= 0.3 is 0 Å². The molecule has 1 saturated carbocycles. The standard InChI is InChI=1S/C9H16N2O/c1-11-4-6-2-7(5-11)8(6)3-9(10)12/h6-8H,2-5H2,1H3,(H2,10,12). The second kappa shape index (κ2) is 2.73. The molecule has 2 N–H and O–H groups in total. The zero-order valence-electron chi connectivity index (χ0n) is 7.49. The molecule has 2 atom stereocenters. The maximum absolute atomic E-state index is 10.7. The van der Waals surface area contributed by atoms with Crippen molar-refractivity contribution in [3.63, 3.8) is 0 Å². The number of fused-ring (bicyclic) bond motifs is 2. The van der Waals surface area contributed by atoms with Crippen LogP contribution in [0.5, 0.6) is 0 Å². The molecule has 2 heterocycles. The molecule has 2 aliphatic heterocycles. The highest BCUT2D eigenvalue weighted by atomic mass is 16.1. The van der Waals surface area contributed by atoms with Crippen molar-refractivity contribution in [3.8, 4) is 0 Å². The third kappa shape index (κ3) is 1.22. The highest BCUT2D eigenvalue weighted by Gasteiger charge is 2.45. The Morgan fingerprint density at radius 2 is 2.08 bits per heavy atom. The predicted molar refractivity (Wildman–Crippen MR) is 46.4 cm³/mol. The number of hydrogen-bond donors (Lipinski definition) is 1. The number of primary amides is 1. The Morgan fingerprint density at radius 3 is 2.58 bits per heavy atom. The number of rotatable bonds is 2. The molecule has 2 saturated heterocycles. The monoisotopic (exact) mass is 168 g/mol. The average molecular weight is 168 g/mol. The number of hydrogen-bond acceptors (Lipinski definition) is 2. The molecule has 0 radical (unpaired) electrons. The van der Waals surface area contributed by atoms with Gasteiger partial charge in [-0.2, -0.15) is 0 Å². The first-order valence-corrected chi connectivity index (χ1v) is 4.63. The molecule has 3 fully saturated rings. The molecule has 3 rings (SSSR count). The molecule has 3 nitrogen and oxygen atoms in total. The number of carbonyl (C=O) groups excluding carboxylic acids is 1. The molecule has 2 unspecified atom stereocenters. The molecule has 0 aromatic carbocycles. The van der Waals surface area contributed by atoms with E-state index in [1.54, 1.807) is 0 Å². The van der Waals surface area contributed by atoms with E-state index < -0.39 is 0 Å². The van der Waals surface area contributed by atoms with Crippen molar-refractivity contribution in [3.05, 3.63) is 0 Å². The van der Waals surface area contributed by atoms with Crippen molar-refractivity contribution in [1.29, 1.82) is 0 Å². The largest absolute Gasteiger partial charge is 0.370 e. The van der Waals surface area contributed by atoms with Gasteiger partial charge in [0.1, 0.15) is 0 Å². The van der Waals surface area contributed by atoms with E-state index in [4.69, 9.17) is 5.73 Å². The molecule has 3 aliphatic rings. The highest BCUT2D eigenvalue weighted by Crippen LogP contribution is 2.46. The zero-order chi connectivity index (χ0) is 8.72. The van der Waals surface area contributed by atoms with Crippen molar-refractivity contribution >= 4 is 5.91 Å². The summed E-state index contributed by atoms with van der Waals surface area (Å²) in [6.45, 7) is 2.32. The van der Waals surface area contributed by atoms with Crippen LogP contribution in [-0.4, -0.2) is 30.9 Å². The molecule has 3 heteroatoms. The summed E-state index contributed by atoms with van der Waals surface area (Å²) in [5, 5.41) is 0. The summed E-state index contributed by atoms with van der Waals surface area (Å²) in [4.78, 5) is 13.1. The van der Waals surface area contributed by atoms with Gasteiger partial charge in [-0.3, -0.25) is 4.79 Å². The fourth-order valence-corrected chi connectivity index (χ4v) is 2.79. The van der Waals surface area contributed by atoms with Crippen LogP contribution in [0.15, 0.2) is 0 Å². The second-order valence-electron chi connectivity index (χ2n) is 4.31. The Morgan fingerprint density at radius 1 is 1.50 bits per heavy atom. The van der Waals surface area contributed by atoms with Crippen molar-refractivity contribution in [2.75, 3.05) is 20.1 Å². The van der Waals surface area contributed by atoms with E-state index in [-0.39, 0.29) is 5.91 Å². The summed E-state index contributed by atoms with van der Waals surface area (Å²) >= 11 is 0. The van der Waals surface area contributed by atoms with Gasteiger partial charge in [0.2, 0.25) is 5.91 Å². The SMILES string of the molecule is CN1CC2CC(C1)C2CC(N)=O. The lowest BCUT2D eigenvalue weighted by Gasteiger charge is -2.52. The van der Waals surface area contributed by atoms with Gasteiger partial charge in [-0.1, -0.05) is 0 Å². The van der Waals surface area contributed by atoms with E-state index in [9.17, 15) is 4.79 Å². The average Bonchev–Trinajstić information content (AvgIpc) is 2.00. The number of carbonyl (C=O) groups is 1. The first-order chi connectivity index (χ1) is 5.66. The normalized spacial score (nSPS) is 40.6. The van der Waals surface area contributed by atoms with Crippen LogP contribution in [0.3, 0.4) is 0 Å². The Kier molecular flexibility index (Phi) is 1.83. The number of piperidine rings is 2. The van der Waals surface area contributed by atoms with Gasteiger partial charge in [0.05, 0.1) is 0 Å². The summed E-state index contributed by atoms with van der Waals surface area (Å²) in [6, 6.07) is 0. The van der Waals surface area contributed by atoms with Crippen LogP contribution in [-0.2, 0) is 4.79 Å². The summed E-state index contributed by atoms with van der Waals surface area (Å²) in [5.41, 5.74) is 5.19. The van der Waals surface area contributed by atoms with E-state index in [1.165, 1.54) is 6.42 Å². The molecule has 0 spiro atoms. The summed E-state index contributed by atoms with van der Waals surface area (Å²) in [7, 11) is 2.15. The summed E-state index contributed by atoms with van der Waals surface area (Å²) < 4.78 is 0. The second-order valence-corrected chi connectivity index (χ2v) is 4.31. The predicted octanol–water partition coefficient (Wildman–Crippen LogP) is 0.0595. The lowest BCUT2D eigenvalue weighted by molar-refractivity contribution is -0.124. The van der Waals surface area contributed by atoms with Crippen LogP contribution in [0.4, 0.5) is 0 Å². The molecule has 0 aromatic rings. The summed E-state index contributed by atoms with van der Waals surface area (Å²) in [6.07, 6.45) is 1.94. The van der Waals surface area contributed by atoms with Crippen molar-refractivity contribution in [1.82, 2.24) is 4.90 Å². The number of nitrogens with zero attached hydrogens (tertiary/aromatic N) is 1. The third-order valence-electron chi connectivity index (χ3n) is 3.35. The fourth-order valence-electron chi connectivity index (χ4n) is 2.79. The molecule has 2 bridgehead atoms. The van der Waals surface area contributed by atoms with Gasteiger partial charge in [-0.25, -0.2) is 0 Å². The van der Waals surface area contributed by atoms with E-state index >= 15 is 0 Å². The maximum atomic E-state index is 10.7. The number of nitrogens with two attached hydrogens (primary N) is 1. The quantitative estimate of drug-likeness (QED) is 0.633. The lowest BCUT2D eigenvalue weighted by atomic mass is 9.60. The van der Waals surface area contributed by atoms with Crippen LogP contribution < -0.4 is 5.73 Å². The minimum Gasteiger partial charge on any atom is -0.370 e. The number of amides is 1. The summed E-state index contributed by atoms with van der Waals surface area (Å²) in [5.74, 6) is 1.99. The molecule has 0 aromatic heterocycles. The van der Waals surface area contributed by atoms with Gasteiger partial charge in [0.25, 0.3) is 0 Å². The molecular weight excluding hydrogens is 152 g/mol. The van der Waals surface area contributed by atoms with E-state index in [0.29, 0.717) is 12.3 Å². The molecule has 1 amide bonds. The molecule has 68 valence electrons. The molecular formula is C9H16N2O. The van der Waals surface area contributed by atoms with E-state index in [1.807, 2.05) is 0 Å². The van der Waals surface area contributed by atoms with Crippen molar-refractivity contribution in [2.45, 2.75) is 12.8 Å². The van der Waals surface area contributed by atoms with Gasteiger partial charge in [-0.05, 0) is 31.2 Å². The van der Waals surface area contributed by atoms with Crippen LogP contribution in [0, 0.1) is 17.8 Å². The van der Waals surface area contributed by atoms with Crippen molar-refractivity contribution in [2.24, 2.45) is 23.5 Å². The Balaban J connectivity index is 1.91. The van der Waals surface area contributed by atoms with Gasteiger partial charge in [0, 0.05) is 19.5 Å². The van der Waals surface area contributed by atoms with Crippen LogP contribution in [0.1, 0.15) is 12.8 Å². The van der Waals surface area contributed by atoms with Gasteiger partial charge < -0.3 is 10.6 Å². The molecule has 12 heavy (non-hydrogen) atoms. The Bertz CT molecular complexity index is 193. The van der Waals surface area contributed by atoms with Crippen LogP contribution in [0.25, 0.3) is 0 Å². The van der Waals surface area contributed by atoms with Crippen LogP contribution in [0.2, 0.25) is 0 Å². The van der Waals surface area contributed by atoms with Gasteiger partial charge in [0.15, 0.2) is 0 Å². The first-order valence-electron chi connectivity index (χ1n) is 4.63. The minimum atomic E-state index is -0.126. The van der Waals surface area contributed by atoms with E-state index in [0.717, 1.165) is 24.9 Å². The first kappa shape index (κ1) is 8.05. The lowest BCUT2D eigenvalue weighted by Crippen LogP contribution is -2.54. The highest BCUT2D eigenvalue weighted by molar-refractivity contribution is 5.74. The smallest absolute Gasteiger partial charge is 0.217 e. The van der Waals surface area contributed by atoms with Crippen LogP contribution >= 0.6 is 0 Å².